The summed E-state index contributed by atoms with van der Waals surface area (Å²) >= 11 is 0. The van der Waals surface area contributed by atoms with Crippen LogP contribution >= 0.6 is 0 Å². The average Bonchev–Trinajstić information content (AvgIpc) is 2.53. The van der Waals surface area contributed by atoms with Gasteiger partial charge in [0, 0.05) is 37.3 Å². The predicted molar refractivity (Wildman–Crippen MR) is 80.8 cm³/mol. The Morgan fingerprint density at radius 3 is 2.67 bits per heavy atom. The van der Waals surface area contributed by atoms with Gasteiger partial charge in [0.05, 0.1) is 17.7 Å². The number of aliphatic hydroxyl groups excluding tert-OH is 1. The zero-order chi connectivity index (χ0) is 15.4. The number of piperidine rings is 1. The van der Waals surface area contributed by atoms with Crippen molar-refractivity contribution in [3.8, 4) is 6.07 Å². The smallest absolute Gasteiger partial charge is 0.222 e. The highest BCUT2D eigenvalue weighted by Gasteiger charge is 2.26. The summed E-state index contributed by atoms with van der Waals surface area (Å²) in [5, 5.41) is 21.7. The standard InChI is InChI=1S/C16H21N3O2/c1-11(20)14-4-3-12(10-17)9-15(14)19-7-5-13(6-8-19)16(21)18-2/h3-4,9,11,13,20H,5-8H2,1-2H3,(H,18,21). The summed E-state index contributed by atoms with van der Waals surface area (Å²) in [4.78, 5) is 13.8. The number of nitrogens with one attached hydrogen (secondary N) is 1. The highest BCUT2D eigenvalue weighted by atomic mass is 16.3. The van der Waals surface area contributed by atoms with E-state index < -0.39 is 6.10 Å². The lowest BCUT2D eigenvalue weighted by molar-refractivity contribution is -0.125. The van der Waals surface area contributed by atoms with Crippen LogP contribution in [0.2, 0.25) is 0 Å². The molecule has 112 valence electrons. The molecule has 5 heteroatoms. The number of amides is 1. The van der Waals surface area contributed by atoms with E-state index in [4.69, 9.17) is 5.26 Å². The molecule has 0 spiro atoms. The highest BCUT2D eigenvalue weighted by molar-refractivity contribution is 5.78. The Morgan fingerprint density at radius 2 is 2.14 bits per heavy atom. The van der Waals surface area contributed by atoms with Crippen LogP contribution in [-0.2, 0) is 4.79 Å². The third kappa shape index (κ3) is 3.34. The first-order valence-electron chi connectivity index (χ1n) is 7.25. The monoisotopic (exact) mass is 287 g/mol. The van der Waals surface area contributed by atoms with E-state index in [1.165, 1.54) is 0 Å². The van der Waals surface area contributed by atoms with Crippen molar-refractivity contribution < 1.29 is 9.90 Å². The Morgan fingerprint density at radius 1 is 1.48 bits per heavy atom. The number of carbonyl (C=O) groups is 1. The van der Waals surface area contributed by atoms with Gasteiger partial charge in [-0.05, 0) is 31.9 Å². The zero-order valence-electron chi connectivity index (χ0n) is 12.5. The molecule has 1 amide bonds. The average molecular weight is 287 g/mol. The molecule has 1 aromatic carbocycles. The molecule has 1 aromatic rings. The van der Waals surface area contributed by atoms with Crippen LogP contribution < -0.4 is 10.2 Å². The van der Waals surface area contributed by atoms with Gasteiger partial charge in [-0.3, -0.25) is 4.79 Å². The lowest BCUT2D eigenvalue weighted by Gasteiger charge is -2.34. The summed E-state index contributed by atoms with van der Waals surface area (Å²) in [6.45, 7) is 3.24. The molecular weight excluding hydrogens is 266 g/mol. The van der Waals surface area contributed by atoms with E-state index in [0.717, 1.165) is 37.2 Å². The third-order valence-electron chi connectivity index (χ3n) is 4.06. The lowest BCUT2D eigenvalue weighted by atomic mass is 9.94. The molecule has 0 saturated carbocycles. The van der Waals surface area contributed by atoms with Gasteiger partial charge in [0.15, 0.2) is 0 Å². The SMILES string of the molecule is CNC(=O)C1CCN(c2cc(C#N)ccc2C(C)O)CC1. The van der Waals surface area contributed by atoms with Crippen molar-refractivity contribution in [2.45, 2.75) is 25.9 Å². The molecule has 2 N–H and O–H groups in total. The van der Waals surface area contributed by atoms with Crippen molar-refractivity contribution in [2.75, 3.05) is 25.0 Å². The first-order chi connectivity index (χ1) is 10.1. The van der Waals surface area contributed by atoms with Crippen molar-refractivity contribution in [3.63, 3.8) is 0 Å². The molecule has 1 saturated heterocycles. The van der Waals surface area contributed by atoms with Crippen molar-refractivity contribution >= 4 is 11.6 Å². The van der Waals surface area contributed by atoms with Crippen LogP contribution in [0.15, 0.2) is 18.2 Å². The highest BCUT2D eigenvalue weighted by Crippen LogP contribution is 2.31. The molecule has 5 nitrogen and oxygen atoms in total. The molecule has 1 aliphatic rings. The van der Waals surface area contributed by atoms with E-state index in [-0.39, 0.29) is 11.8 Å². The topological polar surface area (TPSA) is 76.4 Å². The van der Waals surface area contributed by atoms with Crippen LogP contribution in [0, 0.1) is 17.2 Å². The maximum absolute atomic E-state index is 11.7. The van der Waals surface area contributed by atoms with E-state index in [1.54, 1.807) is 20.0 Å². The van der Waals surface area contributed by atoms with E-state index in [2.05, 4.69) is 16.3 Å². The largest absolute Gasteiger partial charge is 0.389 e. The molecule has 1 heterocycles. The molecule has 1 aliphatic heterocycles. The van der Waals surface area contributed by atoms with Gasteiger partial charge in [0.2, 0.25) is 5.91 Å². The van der Waals surface area contributed by atoms with Crippen LogP contribution in [0.3, 0.4) is 0 Å². The van der Waals surface area contributed by atoms with Crippen LogP contribution in [0.4, 0.5) is 5.69 Å². The molecule has 21 heavy (non-hydrogen) atoms. The van der Waals surface area contributed by atoms with Gasteiger partial charge in [-0.25, -0.2) is 0 Å². The number of nitrogens with zero attached hydrogens (tertiary/aromatic N) is 2. The number of hydrogen-bond donors (Lipinski definition) is 2. The van der Waals surface area contributed by atoms with Crippen molar-refractivity contribution in [2.24, 2.45) is 5.92 Å². The third-order valence-corrected chi connectivity index (χ3v) is 4.06. The molecule has 0 aliphatic carbocycles. The van der Waals surface area contributed by atoms with Gasteiger partial charge in [-0.15, -0.1) is 0 Å². The minimum absolute atomic E-state index is 0.0559. The van der Waals surface area contributed by atoms with Gasteiger partial charge < -0.3 is 15.3 Å². The second-order valence-electron chi connectivity index (χ2n) is 5.44. The fraction of sp³-hybridized carbons (Fsp3) is 0.500. The van der Waals surface area contributed by atoms with E-state index >= 15 is 0 Å². The summed E-state index contributed by atoms with van der Waals surface area (Å²) in [5.41, 5.74) is 2.31. The summed E-state index contributed by atoms with van der Waals surface area (Å²) < 4.78 is 0. The minimum atomic E-state index is -0.579. The molecule has 1 atom stereocenters. The normalized spacial score (nSPS) is 17.1. The van der Waals surface area contributed by atoms with E-state index in [9.17, 15) is 9.90 Å². The number of hydrogen-bond acceptors (Lipinski definition) is 4. The van der Waals surface area contributed by atoms with Gasteiger partial charge in [0.1, 0.15) is 0 Å². The number of aliphatic hydroxyl groups is 1. The fourth-order valence-electron chi connectivity index (χ4n) is 2.83. The molecule has 1 fully saturated rings. The Labute approximate surface area is 125 Å². The molecule has 0 aromatic heterocycles. The van der Waals surface area contributed by atoms with Crippen LogP contribution in [0.25, 0.3) is 0 Å². The van der Waals surface area contributed by atoms with Crippen LogP contribution in [0.1, 0.15) is 37.0 Å². The number of nitriles is 1. The molecule has 2 rings (SSSR count). The molecular formula is C16H21N3O2. The van der Waals surface area contributed by atoms with E-state index in [0.29, 0.717) is 5.56 Å². The second-order valence-corrected chi connectivity index (χ2v) is 5.44. The summed E-state index contributed by atoms with van der Waals surface area (Å²) in [5.74, 6) is 0.150. The summed E-state index contributed by atoms with van der Waals surface area (Å²) in [6.07, 6.45) is 0.996. The number of anilines is 1. The van der Waals surface area contributed by atoms with Gasteiger partial charge in [-0.1, -0.05) is 6.07 Å². The number of benzene rings is 1. The lowest BCUT2D eigenvalue weighted by Crippen LogP contribution is -2.40. The Balaban J connectivity index is 2.19. The number of carbonyl (C=O) groups excluding carboxylic acids is 1. The molecule has 1 unspecified atom stereocenters. The van der Waals surface area contributed by atoms with Gasteiger partial charge in [-0.2, -0.15) is 5.26 Å². The molecule has 0 radical (unpaired) electrons. The Kier molecular flexibility index (Phi) is 4.81. The van der Waals surface area contributed by atoms with Crippen molar-refractivity contribution in [1.82, 2.24) is 5.32 Å². The van der Waals surface area contributed by atoms with Gasteiger partial charge in [0.25, 0.3) is 0 Å². The first kappa shape index (κ1) is 15.3. The van der Waals surface area contributed by atoms with Crippen molar-refractivity contribution in [1.29, 1.82) is 5.26 Å². The second kappa shape index (κ2) is 6.59. The maximum Gasteiger partial charge on any atom is 0.222 e. The fourth-order valence-corrected chi connectivity index (χ4v) is 2.83. The Hall–Kier alpha value is -2.06. The predicted octanol–water partition coefficient (Wildman–Crippen LogP) is 1.57. The quantitative estimate of drug-likeness (QED) is 0.885. The van der Waals surface area contributed by atoms with Crippen LogP contribution in [0.5, 0.6) is 0 Å². The zero-order valence-corrected chi connectivity index (χ0v) is 12.5. The molecule has 0 bridgehead atoms. The number of rotatable bonds is 3. The van der Waals surface area contributed by atoms with E-state index in [1.807, 2.05) is 12.1 Å². The summed E-state index contributed by atoms with van der Waals surface area (Å²) in [6, 6.07) is 7.49. The minimum Gasteiger partial charge on any atom is -0.389 e. The van der Waals surface area contributed by atoms with Gasteiger partial charge >= 0.3 is 0 Å². The maximum atomic E-state index is 11.7. The summed E-state index contributed by atoms with van der Waals surface area (Å²) in [7, 11) is 1.66. The Bertz CT molecular complexity index is 555. The van der Waals surface area contributed by atoms with Crippen LogP contribution in [-0.4, -0.2) is 31.2 Å². The first-order valence-corrected chi connectivity index (χ1v) is 7.25. The van der Waals surface area contributed by atoms with Crippen molar-refractivity contribution in [3.05, 3.63) is 29.3 Å².